The minimum atomic E-state index is -0.900. The number of nitrogens with zero attached hydrogens (tertiary/aromatic N) is 1. The number of allylic oxidation sites excluding steroid dienone is 2. The molecule has 2 rings (SSSR count). The molecule has 2 aliphatic rings. The average Bonchev–Trinajstić information content (AvgIpc) is 2.75. The summed E-state index contributed by atoms with van der Waals surface area (Å²) in [6.45, 7) is 8.64. The maximum Gasteiger partial charge on any atom is 0.407 e. The van der Waals surface area contributed by atoms with Crippen molar-refractivity contribution in [3.8, 4) is 0 Å². The molecular formula is C18H25NO4. The molecule has 1 N–H and O–H groups in total. The first-order valence-electron chi connectivity index (χ1n) is 8.15. The van der Waals surface area contributed by atoms with Crippen molar-refractivity contribution in [3.63, 3.8) is 0 Å². The van der Waals surface area contributed by atoms with Crippen LogP contribution in [0.3, 0.4) is 0 Å². The van der Waals surface area contributed by atoms with Gasteiger partial charge in [0.05, 0.1) is 0 Å². The monoisotopic (exact) mass is 319 g/mol. The van der Waals surface area contributed by atoms with Gasteiger partial charge in [0.15, 0.2) is 0 Å². The molecule has 126 valence electrons. The van der Waals surface area contributed by atoms with E-state index in [4.69, 9.17) is 4.74 Å². The Bertz CT molecular complexity index is 561. The normalized spacial score (nSPS) is 25.1. The summed E-state index contributed by atoms with van der Waals surface area (Å²) in [6, 6.07) is 0. The standard InChI is InChI=1S/C18H25NO4/c1-4-19(18(21)22)11-14-7-5-6-12(2)10-16-15(9-8-14)13(3)17(20)23-16/h7,10,15-16H,3-6,8-9,11H2,1-2H3,(H,21,22)/t15-,16-/m1/s1. The molecule has 0 saturated carbocycles. The van der Waals surface area contributed by atoms with Crippen molar-refractivity contribution in [2.45, 2.75) is 45.6 Å². The summed E-state index contributed by atoms with van der Waals surface area (Å²) in [6.07, 6.45) is 6.32. The maximum absolute atomic E-state index is 11.8. The van der Waals surface area contributed by atoms with Gasteiger partial charge in [0.25, 0.3) is 0 Å². The van der Waals surface area contributed by atoms with Gasteiger partial charge in [0.2, 0.25) is 0 Å². The number of amides is 1. The number of carbonyl (C=O) groups excluding carboxylic acids is 1. The van der Waals surface area contributed by atoms with Crippen LogP contribution >= 0.6 is 0 Å². The number of carbonyl (C=O) groups is 2. The summed E-state index contributed by atoms with van der Waals surface area (Å²) in [5.74, 6) is -0.326. The highest BCUT2D eigenvalue weighted by Crippen LogP contribution is 2.34. The molecule has 1 amide bonds. The highest BCUT2D eigenvalue weighted by Gasteiger charge is 2.37. The smallest absolute Gasteiger partial charge is 0.407 e. The molecule has 1 fully saturated rings. The molecule has 1 aliphatic carbocycles. The van der Waals surface area contributed by atoms with Crippen molar-refractivity contribution in [1.29, 1.82) is 0 Å². The van der Waals surface area contributed by atoms with Gasteiger partial charge in [-0.2, -0.15) is 0 Å². The second kappa shape index (κ2) is 7.49. The molecule has 1 aliphatic heterocycles. The largest absolute Gasteiger partial charge is 0.465 e. The lowest BCUT2D eigenvalue weighted by molar-refractivity contribution is -0.137. The Morgan fingerprint density at radius 3 is 2.87 bits per heavy atom. The van der Waals surface area contributed by atoms with Gasteiger partial charge in [-0.25, -0.2) is 9.59 Å². The average molecular weight is 319 g/mol. The third-order valence-electron chi connectivity index (χ3n) is 4.59. The minimum Gasteiger partial charge on any atom is -0.465 e. The summed E-state index contributed by atoms with van der Waals surface area (Å²) in [5.41, 5.74) is 2.82. The van der Waals surface area contributed by atoms with Gasteiger partial charge in [-0.15, -0.1) is 0 Å². The van der Waals surface area contributed by atoms with E-state index in [0.29, 0.717) is 18.7 Å². The summed E-state index contributed by atoms with van der Waals surface area (Å²) in [4.78, 5) is 24.4. The summed E-state index contributed by atoms with van der Waals surface area (Å²) in [7, 11) is 0. The lowest BCUT2D eigenvalue weighted by Gasteiger charge is -2.22. The predicted molar refractivity (Wildman–Crippen MR) is 88.1 cm³/mol. The number of carboxylic acid groups (broad SMARTS) is 1. The van der Waals surface area contributed by atoms with Gasteiger partial charge < -0.3 is 14.7 Å². The Kier molecular flexibility index (Phi) is 5.64. The topological polar surface area (TPSA) is 66.8 Å². The third-order valence-corrected chi connectivity index (χ3v) is 4.59. The fourth-order valence-electron chi connectivity index (χ4n) is 3.13. The molecule has 5 heteroatoms. The highest BCUT2D eigenvalue weighted by molar-refractivity contribution is 5.91. The van der Waals surface area contributed by atoms with E-state index < -0.39 is 6.09 Å². The van der Waals surface area contributed by atoms with Gasteiger partial charge >= 0.3 is 12.1 Å². The van der Waals surface area contributed by atoms with Crippen LogP contribution in [-0.2, 0) is 9.53 Å². The van der Waals surface area contributed by atoms with Gasteiger partial charge in [0.1, 0.15) is 6.10 Å². The zero-order chi connectivity index (χ0) is 17.0. The van der Waals surface area contributed by atoms with Crippen LogP contribution < -0.4 is 0 Å². The summed E-state index contributed by atoms with van der Waals surface area (Å²) < 4.78 is 5.42. The van der Waals surface area contributed by atoms with Gasteiger partial charge in [-0.1, -0.05) is 23.8 Å². The molecule has 0 unspecified atom stereocenters. The molecule has 0 spiro atoms. The summed E-state index contributed by atoms with van der Waals surface area (Å²) >= 11 is 0. The van der Waals surface area contributed by atoms with E-state index in [9.17, 15) is 14.7 Å². The number of likely N-dealkylation sites (N-methyl/N-ethyl adjacent to an activating group) is 1. The number of hydrogen-bond acceptors (Lipinski definition) is 3. The third kappa shape index (κ3) is 4.24. The van der Waals surface area contributed by atoms with Crippen LogP contribution in [0.25, 0.3) is 0 Å². The second-order valence-corrected chi connectivity index (χ2v) is 6.25. The fourth-order valence-corrected chi connectivity index (χ4v) is 3.13. The quantitative estimate of drug-likeness (QED) is 0.491. The van der Waals surface area contributed by atoms with Crippen LogP contribution in [-0.4, -0.2) is 41.3 Å². The zero-order valence-electron chi connectivity index (χ0n) is 13.9. The van der Waals surface area contributed by atoms with E-state index in [1.165, 1.54) is 10.5 Å². The number of hydrogen-bond donors (Lipinski definition) is 1. The molecule has 0 aromatic heterocycles. The first kappa shape index (κ1) is 17.3. The molecule has 1 saturated heterocycles. The summed E-state index contributed by atoms with van der Waals surface area (Å²) in [5, 5.41) is 9.21. The van der Waals surface area contributed by atoms with E-state index in [2.05, 4.69) is 12.7 Å². The van der Waals surface area contributed by atoms with Crippen LogP contribution in [0.4, 0.5) is 4.79 Å². The highest BCUT2D eigenvalue weighted by atomic mass is 16.5. The van der Waals surface area contributed by atoms with Crippen LogP contribution in [0.2, 0.25) is 0 Å². The SMILES string of the molecule is C=C1C(=O)O[C@@H]2C=C(C)CCC=C(CN(CC)C(=O)O)CC[C@H]12. The number of esters is 1. The molecule has 0 aromatic rings. The predicted octanol–water partition coefficient (Wildman–Crippen LogP) is 3.53. The molecule has 1 heterocycles. The van der Waals surface area contributed by atoms with Crippen molar-refractivity contribution >= 4 is 12.1 Å². The molecule has 23 heavy (non-hydrogen) atoms. The Balaban J connectivity index is 2.16. The van der Waals surface area contributed by atoms with Crippen molar-refractivity contribution < 1.29 is 19.4 Å². The van der Waals surface area contributed by atoms with Crippen molar-refractivity contribution in [2.24, 2.45) is 5.92 Å². The molecule has 2 atom stereocenters. The van der Waals surface area contributed by atoms with Crippen LogP contribution in [0, 0.1) is 5.92 Å². The first-order chi connectivity index (χ1) is 10.9. The van der Waals surface area contributed by atoms with Crippen molar-refractivity contribution in [3.05, 3.63) is 35.5 Å². The Hall–Kier alpha value is -2.04. The van der Waals surface area contributed by atoms with Crippen molar-refractivity contribution in [1.82, 2.24) is 4.90 Å². The Morgan fingerprint density at radius 2 is 2.22 bits per heavy atom. The molecule has 0 bridgehead atoms. The molecular weight excluding hydrogens is 294 g/mol. The van der Waals surface area contributed by atoms with E-state index in [0.717, 1.165) is 31.3 Å². The van der Waals surface area contributed by atoms with E-state index in [1.54, 1.807) is 0 Å². The van der Waals surface area contributed by atoms with Gasteiger partial charge in [-0.05, 0) is 45.6 Å². The zero-order valence-corrected chi connectivity index (χ0v) is 13.9. The number of rotatable bonds is 3. The molecule has 0 aromatic carbocycles. The van der Waals surface area contributed by atoms with E-state index in [-0.39, 0.29) is 18.0 Å². The Labute approximate surface area is 137 Å². The number of ether oxygens (including phenoxy) is 1. The fraction of sp³-hybridized carbons (Fsp3) is 0.556. The molecule has 5 nitrogen and oxygen atoms in total. The number of fused-ring (bicyclic) bond motifs is 1. The second-order valence-electron chi connectivity index (χ2n) is 6.25. The van der Waals surface area contributed by atoms with Crippen molar-refractivity contribution in [2.75, 3.05) is 13.1 Å². The van der Waals surface area contributed by atoms with Gasteiger partial charge in [-0.3, -0.25) is 0 Å². The van der Waals surface area contributed by atoms with Gasteiger partial charge in [0, 0.05) is 24.6 Å². The van der Waals surface area contributed by atoms with Crippen LogP contribution in [0.1, 0.15) is 39.5 Å². The minimum absolute atomic E-state index is 0.0149. The Morgan fingerprint density at radius 1 is 1.48 bits per heavy atom. The molecule has 0 radical (unpaired) electrons. The lowest BCUT2D eigenvalue weighted by Crippen LogP contribution is -2.31. The van der Waals surface area contributed by atoms with Crippen LogP contribution in [0.5, 0.6) is 0 Å². The lowest BCUT2D eigenvalue weighted by atomic mass is 9.87. The maximum atomic E-state index is 11.8. The van der Waals surface area contributed by atoms with E-state index >= 15 is 0 Å². The van der Waals surface area contributed by atoms with E-state index in [1.807, 2.05) is 19.9 Å². The first-order valence-corrected chi connectivity index (χ1v) is 8.15. The van der Waals surface area contributed by atoms with Crippen LogP contribution in [0.15, 0.2) is 35.5 Å².